The standard InChI is InChI=1S/C11H22N2O2/c1-8(2)13(3)7-6-12-10-5-4-9(10)11(14)15/h8-10,12H,4-7H2,1-3H3,(H,14,15). The number of nitrogens with one attached hydrogen (secondary N) is 1. The van der Waals surface area contributed by atoms with Crippen molar-refractivity contribution in [2.24, 2.45) is 5.92 Å². The number of aliphatic carboxylic acids is 1. The molecule has 15 heavy (non-hydrogen) atoms. The van der Waals surface area contributed by atoms with E-state index in [4.69, 9.17) is 5.11 Å². The number of carboxylic acid groups (broad SMARTS) is 1. The van der Waals surface area contributed by atoms with Gasteiger partial charge < -0.3 is 15.3 Å². The normalized spacial score (nSPS) is 25.7. The molecule has 2 N–H and O–H groups in total. The molecular weight excluding hydrogens is 192 g/mol. The summed E-state index contributed by atoms with van der Waals surface area (Å²) in [4.78, 5) is 13.0. The van der Waals surface area contributed by atoms with Gasteiger partial charge in [-0.1, -0.05) is 0 Å². The fourth-order valence-corrected chi connectivity index (χ4v) is 1.72. The molecule has 0 spiro atoms. The van der Waals surface area contributed by atoms with E-state index in [9.17, 15) is 4.79 Å². The average Bonchev–Trinajstić information content (AvgIpc) is 2.08. The van der Waals surface area contributed by atoms with Crippen molar-refractivity contribution in [3.63, 3.8) is 0 Å². The Kier molecular flexibility index (Phi) is 4.54. The van der Waals surface area contributed by atoms with Gasteiger partial charge in [0.25, 0.3) is 0 Å². The number of nitrogens with zero attached hydrogens (tertiary/aromatic N) is 1. The Morgan fingerprint density at radius 3 is 2.60 bits per heavy atom. The minimum atomic E-state index is -0.657. The zero-order valence-electron chi connectivity index (χ0n) is 9.86. The number of rotatable bonds is 6. The average molecular weight is 214 g/mol. The van der Waals surface area contributed by atoms with Gasteiger partial charge in [-0.2, -0.15) is 0 Å². The molecule has 0 aromatic heterocycles. The Labute approximate surface area is 91.6 Å². The monoisotopic (exact) mass is 214 g/mol. The van der Waals surface area contributed by atoms with E-state index >= 15 is 0 Å². The molecule has 1 aliphatic carbocycles. The molecule has 0 amide bonds. The fourth-order valence-electron chi connectivity index (χ4n) is 1.72. The summed E-state index contributed by atoms with van der Waals surface area (Å²) in [6.45, 7) is 6.16. The Hall–Kier alpha value is -0.610. The lowest BCUT2D eigenvalue weighted by Gasteiger charge is -2.34. The second kappa shape index (κ2) is 5.47. The third kappa shape index (κ3) is 3.47. The first-order chi connectivity index (χ1) is 7.02. The highest BCUT2D eigenvalue weighted by Crippen LogP contribution is 2.27. The first-order valence-corrected chi connectivity index (χ1v) is 5.68. The molecule has 0 aliphatic heterocycles. The Morgan fingerprint density at radius 2 is 2.20 bits per heavy atom. The number of hydrogen-bond acceptors (Lipinski definition) is 3. The quantitative estimate of drug-likeness (QED) is 0.686. The van der Waals surface area contributed by atoms with Crippen molar-refractivity contribution >= 4 is 5.97 Å². The highest BCUT2D eigenvalue weighted by molar-refractivity contribution is 5.72. The van der Waals surface area contributed by atoms with E-state index in [2.05, 4.69) is 31.1 Å². The molecule has 0 aromatic carbocycles. The smallest absolute Gasteiger partial charge is 0.308 e. The van der Waals surface area contributed by atoms with E-state index in [0.717, 1.165) is 25.9 Å². The van der Waals surface area contributed by atoms with Crippen LogP contribution in [0.5, 0.6) is 0 Å². The van der Waals surface area contributed by atoms with Crippen LogP contribution in [0.15, 0.2) is 0 Å². The van der Waals surface area contributed by atoms with Crippen molar-refractivity contribution in [3.8, 4) is 0 Å². The summed E-state index contributed by atoms with van der Waals surface area (Å²) in [5.41, 5.74) is 0. The Balaban J connectivity index is 2.13. The molecular formula is C11H22N2O2. The minimum absolute atomic E-state index is 0.158. The van der Waals surface area contributed by atoms with Crippen molar-refractivity contribution in [1.29, 1.82) is 0 Å². The highest BCUT2D eigenvalue weighted by Gasteiger charge is 2.35. The van der Waals surface area contributed by atoms with Gasteiger partial charge in [0.2, 0.25) is 0 Å². The van der Waals surface area contributed by atoms with Crippen molar-refractivity contribution in [2.75, 3.05) is 20.1 Å². The van der Waals surface area contributed by atoms with Gasteiger partial charge in [-0.25, -0.2) is 0 Å². The Bertz CT molecular complexity index is 219. The van der Waals surface area contributed by atoms with E-state index < -0.39 is 5.97 Å². The van der Waals surface area contributed by atoms with Gasteiger partial charge in [0.15, 0.2) is 0 Å². The zero-order valence-corrected chi connectivity index (χ0v) is 9.86. The second-order valence-electron chi connectivity index (χ2n) is 4.66. The molecule has 0 saturated heterocycles. The van der Waals surface area contributed by atoms with Crippen LogP contribution in [0.4, 0.5) is 0 Å². The van der Waals surface area contributed by atoms with Gasteiger partial charge in [-0.05, 0) is 33.7 Å². The third-order valence-electron chi connectivity index (χ3n) is 3.34. The van der Waals surface area contributed by atoms with Gasteiger partial charge in [0.05, 0.1) is 5.92 Å². The maximum Gasteiger partial charge on any atom is 0.308 e. The lowest BCUT2D eigenvalue weighted by molar-refractivity contribution is -0.146. The third-order valence-corrected chi connectivity index (χ3v) is 3.34. The minimum Gasteiger partial charge on any atom is -0.481 e. The number of carboxylic acids is 1. The van der Waals surface area contributed by atoms with Gasteiger partial charge in [0.1, 0.15) is 0 Å². The van der Waals surface area contributed by atoms with Crippen molar-refractivity contribution < 1.29 is 9.90 Å². The van der Waals surface area contributed by atoms with Crippen LogP contribution in [0, 0.1) is 5.92 Å². The molecule has 1 saturated carbocycles. The van der Waals surface area contributed by atoms with Crippen LogP contribution in [0.25, 0.3) is 0 Å². The van der Waals surface area contributed by atoms with Crippen LogP contribution >= 0.6 is 0 Å². The fraction of sp³-hybridized carbons (Fsp3) is 0.909. The van der Waals surface area contributed by atoms with Gasteiger partial charge in [-0.15, -0.1) is 0 Å². The molecule has 0 heterocycles. The van der Waals surface area contributed by atoms with E-state index in [1.165, 1.54) is 0 Å². The van der Waals surface area contributed by atoms with Crippen molar-refractivity contribution in [2.45, 2.75) is 38.8 Å². The summed E-state index contributed by atoms with van der Waals surface area (Å²) in [5, 5.41) is 12.2. The van der Waals surface area contributed by atoms with Crippen LogP contribution in [0.3, 0.4) is 0 Å². The SMILES string of the molecule is CC(C)N(C)CCNC1CCC1C(=O)O. The summed E-state index contributed by atoms with van der Waals surface area (Å²) in [5.74, 6) is -0.815. The van der Waals surface area contributed by atoms with Crippen LogP contribution in [0.2, 0.25) is 0 Å². The molecule has 1 rings (SSSR count). The first-order valence-electron chi connectivity index (χ1n) is 5.68. The Morgan fingerprint density at radius 1 is 1.53 bits per heavy atom. The maximum atomic E-state index is 10.7. The van der Waals surface area contributed by atoms with Crippen LogP contribution in [0.1, 0.15) is 26.7 Å². The van der Waals surface area contributed by atoms with Gasteiger partial charge in [0, 0.05) is 25.2 Å². The first kappa shape index (κ1) is 12.5. The predicted octanol–water partition coefficient (Wildman–Crippen LogP) is 0.779. The van der Waals surface area contributed by atoms with Crippen LogP contribution in [-0.2, 0) is 4.79 Å². The molecule has 4 heteroatoms. The lowest BCUT2D eigenvalue weighted by Crippen LogP contribution is -2.49. The zero-order chi connectivity index (χ0) is 11.4. The van der Waals surface area contributed by atoms with E-state index in [-0.39, 0.29) is 12.0 Å². The van der Waals surface area contributed by atoms with E-state index in [0.29, 0.717) is 6.04 Å². The van der Waals surface area contributed by atoms with Gasteiger partial charge in [-0.3, -0.25) is 4.79 Å². The number of likely N-dealkylation sites (N-methyl/N-ethyl adjacent to an activating group) is 1. The van der Waals surface area contributed by atoms with Crippen LogP contribution < -0.4 is 5.32 Å². The molecule has 1 fully saturated rings. The van der Waals surface area contributed by atoms with Gasteiger partial charge >= 0.3 is 5.97 Å². The molecule has 2 unspecified atom stereocenters. The topological polar surface area (TPSA) is 52.6 Å². The molecule has 0 aromatic rings. The molecule has 1 aliphatic rings. The highest BCUT2D eigenvalue weighted by atomic mass is 16.4. The van der Waals surface area contributed by atoms with Crippen molar-refractivity contribution in [1.82, 2.24) is 10.2 Å². The predicted molar refractivity (Wildman–Crippen MR) is 59.9 cm³/mol. The van der Waals surface area contributed by atoms with Crippen molar-refractivity contribution in [3.05, 3.63) is 0 Å². The molecule has 88 valence electrons. The second-order valence-corrected chi connectivity index (χ2v) is 4.66. The lowest BCUT2D eigenvalue weighted by atomic mass is 9.79. The summed E-state index contributed by atoms with van der Waals surface area (Å²) < 4.78 is 0. The number of carbonyl (C=O) groups is 1. The molecule has 2 atom stereocenters. The summed E-state index contributed by atoms with van der Waals surface area (Å²) in [6.07, 6.45) is 1.83. The summed E-state index contributed by atoms with van der Waals surface area (Å²) >= 11 is 0. The molecule has 0 bridgehead atoms. The molecule has 0 radical (unpaired) electrons. The van der Waals surface area contributed by atoms with E-state index in [1.54, 1.807) is 0 Å². The largest absolute Gasteiger partial charge is 0.481 e. The van der Waals surface area contributed by atoms with E-state index in [1.807, 2.05) is 0 Å². The maximum absolute atomic E-state index is 10.7. The molecule has 4 nitrogen and oxygen atoms in total. The summed E-state index contributed by atoms with van der Waals surface area (Å²) in [6, 6.07) is 0.742. The number of hydrogen-bond donors (Lipinski definition) is 2. The van der Waals surface area contributed by atoms with Crippen LogP contribution in [-0.4, -0.2) is 48.2 Å². The summed E-state index contributed by atoms with van der Waals surface area (Å²) in [7, 11) is 2.09.